The van der Waals surface area contributed by atoms with E-state index in [2.05, 4.69) is 4.98 Å². The van der Waals surface area contributed by atoms with E-state index in [-0.39, 0.29) is 0 Å². The summed E-state index contributed by atoms with van der Waals surface area (Å²) in [6.45, 7) is 2.58. The Bertz CT molecular complexity index is 520. The van der Waals surface area contributed by atoms with Crippen molar-refractivity contribution in [3.05, 3.63) is 35.3 Å². The van der Waals surface area contributed by atoms with E-state index >= 15 is 0 Å². The van der Waals surface area contributed by atoms with E-state index in [4.69, 9.17) is 10.5 Å². The Morgan fingerprint density at radius 3 is 2.65 bits per heavy atom. The summed E-state index contributed by atoms with van der Waals surface area (Å²) in [5, 5.41) is 2.44. The zero-order valence-corrected chi connectivity index (χ0v) is 10.2. The van der Waals surface area contributed by atoms with Gasteiger partial charge in [0.1, 0.15) is 16.5 Å². The first-order valence-corrected chi connectivity index (χ1v) is 6.07. The van der Waals surface area contributed by atoms with E-state index in [1.807, 2.05) is 31.2 Å². The molecule has 1 heterocycles. The summed E-state index contributed by atoms with van der Waals surface area (Å²) in [4.78, 5) is 15.1. The lowest BCUT2D eigenvalue weighted by Gasteiger charge is -2.02. The van der Waals surface area contributed by atoms with Crippen LogP contribution in [0.5, 0.6) is 5.75 Å². The minimum absolute atomic E-state index is 0.305. The van der Waals surface area contributed by atoms with E-state index < -0.39 is 5.91 Å². The lowest BCUT2D eigenvalue weighted by atomic mass is 10.2. The first-order valence-electron chi connectivity index (χ1n) is 5.19. The highest BCUT2D eigenvalue weighted by atomic mass is 32.1. The molecule has 0 aliphatic rings. The van der Waals surface area contributed by atoms with Crippen LogP contribution in [0.4, 0.5) is 0 Å². The molecule has 0 saturated carbocycles. The Hall–Kier alpha value is -1.88. The highest BCUT2D eigenvalue weighted by Gasteiger charge is 2.08. The maximum absolute atomic E-state index is 10.9. The quantitative estimate of drug-likeness (QED) is 0.902. The fraction of sp³-hybridized carbons (Fsp3) is 0.167. The Balaban J connectivity index is 2.23. The first-order chi connectivity index (χ1) is 8.20. The van der Waals surface area contributed by atoms with Gasteiger partial charge in [0.15, 0.2) is 0 Å². The second-order valence-corrected chi connectivity index (χ2v) is 4.22. The topological polar surface area (TPSA) is 65.2 Å². The maximum Gasteiger partial charge on any atom is 0.268 e. The Kier molecular flexibility index (Phi) is 3.39. The van der Waals surface area contributed by atoms with Gasteiger partial charge in [-0.15, -0.1) is 11.3 Å². The van der Waals surface area contributed by atoms with Crippen molar-refractivity contribution in [2.75, 3.05) is 6.61 Å². The molecule has 5 heteroatoms. The number of aromatic nitrogens is 1. The predicted octanol–water partition coefficient (Wildman–Crippen LogP) is 2.31. The first kappa shape index (κ1) is 11.6. The van der Waals surface area contributed by atoms with Crippen molar-refractivity contribution in [3.8, 4) is 16.3 Å². The van der Waals surface area contributed by atoms with Gasteiger partial charge in [-0.25, -0.2) is 4.98 Å². The van der Waals surface area contributed by atoms with Gasteiger partial charge in [-0.3, -0.25) is 4.79 Å². The van der Waals surface area contributed by atoms with Crippen LogP contribution in [0, 0.1) is 0 Å². The minimum Gasteiger partial charge on any atom is -0.494 e. The van der Waals surface area contributed by atoms with Crippen LogP contribution in [0.15, 0.2) is 29.6 Å². The van der Waals surface area contributed by atoms with Crippen LogP contribution in [0.3, 0.4) is 0 Å². The lowest BCUT2D eigenvalue weighted by Crippen LogP contribution is -2.10. The van der Waals surface area contributed by atoms with Crippen molar-refractivity contribution in [3.63, 3.8) is 0 Å². The third-order valence-corrected chi connectivity index (χ3v) is 3.06. The van der Waals surface area contributed by atoms with Crippen LogP contribution in [0.25, 0.3) is 10.6 Å². The van der Waals surface area contributed by atoms with Crippen molar-refractivity contribution in [1.29, 1.82) is 0 Å². The average Bonchev–Trinajstić information content (AvgIpc) is 2.80. The Morgan fingerprint density at radius 2 is 2.12 bits per heavy atom. The summed E-state index contributed by atoms with van der Waals surface area (Å²) in [7, 11) is 0. The highest BCUT2D eigenvalue weighted by Crippen LogP contribution is 2.25. The zero-order valence-electron chi connectivity index (χ0n) is 9.34. The standard InChI is InChI=1S/C12H12N2O2S/c1-2-16-9-5-3-8(4-6-9)12-14-10(7-17-12)11(13)15/h3-7H,2H2,1H3,(H2,13,15). The van der Waals surface area contributed by atoms with Gasteiger partial charge in [-0.1, -0.05) is 0 Å². The summed E-state index contributed by atoms with van der Waals surface area (Å²) in [6.07, 6.45) is 0. The van der Waals surface area contributed by atoms with Gasteiger partial charge >= 0.3 is 0 Å². The predicted molar refractivity (Wildman–Crippen MR) is 67.2 cm³/mol. The molecule has 0 aliphatic heterocycles. The fourth-order valence-corrected chi connectivity index (χ4v) is 2.20. The van der Waals surface area contributed by atoms with Crippen LogP contribution in [-0.2, 0) is 0 Å². The number of rotatable bonds is 4. The van der Waals surface area contributed by atoms with Crippen LogP contribution < -0.4 is 10.5 Å². The molecule has 0 aliphatic carbocycles. The lowest BCUT2D eigenvalue weighted by molar-refractivity contribution is 0.0996. The molecule has 0 atom stereocenters. The molecule has 0 saturated heterocycles. The number of ether oxygens (including phenoxy) is 1. The summed E-state index contributed by atoms with van der Waals surface area (Å²) in [5.74, 6) is 0.321. The Morgan fingerprint density at radius 1 is 1.41 bits per heavy atom. The molecule has 88 valence electrons. The molecule has 1 aromatic heterocycles. The van der Waals surface area contributed by atoms with Crippen molar-refractivity contribution in [1.82, 2.24) is 4.98 Å². The molecule has 17 heavy (non-hydrogen) atoms. The van der Waals surface area contributed by atoms with Gasteiger partial charge in [0.25, 0.3) is 5.91 Å². The van der Waals surface area contributed by atoms with Crippen molar-refractivity contribution in [2.24, 2.45) is 5.73 Å². The van der Waals surface area contributed by atoms with Crippen LogP contribution in [-0.4, -0.2) is 17.5 Å². The smallest absolute Gasteiger partial charge is 0.268 e. The van der Waals surface area contributed by atoms with Crippen molar-refractivity contribution >= 4 is 17.2 Å². The van der Waals surface area contributed by atoms with E-state index in [9.17, 15) is 4.79 Å². The number of nitrogens with zero attached hydrogens (tertiary/aromatic N) is 1. The summed E-state index contributed by atoms with van der Waals surface area (Å²) < 4.78 is 5.35. The number of amides is 1. The second kappa shape index (κ2) is 4.97. The van der Waals surface area contributed by atoms with Gasteiger partial charge in [-0.05, 0) is 31.2 Å². The summed E-state index contributed by atoms with van der Waals surface area (Å²) >= 11 is 1.40. The molecular weight excluding hydrogens is 236 g/mol. The number of hydrogen-bond donors (Lipinski definition) is 1. The van der Waals surface area contributed by atoms with Gasteiger partial charge in [0.2, 0.25) is 0 Å². The van der Waals surface area contributed by atoms with Gasteiger partial charge < -0.3 is 10.5 Å². The molecule has 0 spiro atoms. The molecule has 2 rings (SSSR count). The number of hydrogen-bond acceptors (Lipinski definition) is 4. The third-order valence-electron chi connectivity index (χ3n) is 2.17. The van der Waals surface area contributed by atoms with Crippen molar-refractivity contribution < 1.29 is 9.53 Å². The van der Waals surface area contributed by atoms with Gasteiger partial charge in [-0.2, -0.15) is 0 Å². The molecule has 1 aromatic carbocycles. The highest BCUT2D eigenvalue weighted by molar-refractivity contribution is 7.13. The molecule has 0 fully saturated rings. The number of carbonyl (C=O) groups excluding carboxylic acids is 1. The van der Waals surface area contributed by atoms with E-state index in [0.717, 1.165) is 16.3 Å². The van der Waals surface area contributed by atoms with Crippen molar-refractivity contribution in [2.45, 2.75) is 6.92 Å². The largest absolute Gasteiger partial charge is 0.494 e. The number of carbonyl (C=O) groups is 1. The normalized spacial score (nSPS) is 10.2. The molecule has 1 amide bonds. The van der Waals surface area contributed by atoms with Crippen LogP contribution in [0.1, 0.15) is 17.4 Å². The Labute approximate surface area is 103 Å². The third kappa shape index (κ3) is 2.62. The molecular formula is C12H12N2O2S. The van der Waals surface area contributed by atoms with Gasteiger partial charge in [0.05, 0.1) is 6.61 Å². The number of primary amides is 1. The van der Waals surface area contributed by atoms with E-state index in [1.165, 1.54) is 11.3 Å². The van der Waals surface area contributed by atoms with Crippen LogP contribution >= 0.6 is 11.3 Å². The molecule has 0 unspecified atom stereocenters. The molecule has 0 bridgehead atoms. The molecule has 4 nitrogen and oxygen atoms in total. The monoisotopic (exact) mass is 248 g/mol. The number of nitrogens with two attached hydrogens (primary N) is 1. The second-order valence-electron chi connectivity index (χ2n) is 3.36. The molecule has 2 N–H and O–H groups in total. The van der Waals surface area contributed by atoms with Gasteiger partial charge in [0, 0.05) is 10.9 Å². The summed E-state index contributed by atoms with van der Waals surface area (Å²) in [6, 6.07) is 7.58. The fourth-order valence-electron chi connectivity index (χ4n) is 1.38. The van der Waals surface area contributed by atoms with E-state index in [0.29, 0.717) is 12.3 Å². The molecule has 2 aromatic rings. The zero-order chi connectivity index (χ0) is 12.3. The summed E-state index contributed by atoms with van der Waals surface area (Å²) in [5.41, 5.74) is 6.41. The number of thiazole rings is 1. The maximum atomic E-state index is 10.9. The van der Waals surface area contributed by atoms with E-state index in [1.54, 1.807) is 5.38 Å². The molecule has 0 radical (unpaired) electrons. The SMILES string of the molecule is CCOc1ccc(-c2nc(C(N)=O)cs2)cc1. The van der Waals surface area contributed by atoms with Crippen LogP contribution in [0.2, 0.25) is 0 Å². The number of benzene rings is 1. The minimum atomic E-state index is -0.501. The average molecular weight is 248 g/mol.